The van der Waals surface area contributed by atoms with Crippen molar-refractivity contribution in [1.29, 1.82) is 0 Å². The average molecular weight is 374 g/mol. The van der Waals surface area contributed by atoms with Gasteiger partial charge in [-0.2, -0.15) is 0 Å². The number of thioether (sulfide) groups is 1. The van der Waals surface area contributed by atoms with Crippen molar-refractivity contribution in [2.75, 3.05) is 12.3 Å². The first-order valence-electron chi connectivity index (χ1n) is 8.09. The van der Waals surface area contributed by atoms with Crippen LogP contribution in [0.15, 0.2) is 60.2 Å². The number of allylic oxidation sites excluding steroid dienone is 2. The molecule has 2 aliphatic heterocycles. The van der Waals surface area contributed by atoms with Crippen molar-refractivity contribution in [3.8, 4) is 0 Å². The van der Waals surface area contributed by atoms with Gasteiger partial charge in [-0.05, 0) is 17.7 Å². The molecule has 0 radical (unpaired) electrons. The molecule has 0 aromatic heterocycles. The summed E-state index contributed by atoms with van der Waals surface area (Å²) in [5.41, 5.74) is 1.75. The van der Waals surface area contributed by atoms with Crippen LogP contribution in [0.4, 0.5) is 0 Å². The number of carbonyl (C=O) groups excluding carboxylic acids is 2. The quantitative estimate of drug-likeness (QED) is 0.588. The van der Waals surface area contributed by atoms with Crippen molar-refractivity contribution < 1.29 is 14.3 Å². The molecule has 0 N–H and O–H groups in total. The van der Waals surface area contributed by atoms with E-state index in [0.29, 0.717) is 11.6 Å². The molecule has 1 aromatic rings. The molecule has 1 aliphatic carbocycles. The molecule has 128 valence electrons. The van der Waals surface area contributed by atoms with Crippen LogP contribution >= 0.6 is 23.4 Å². The van der Waals surface area contributed by atoms with Gasteiger partial charge in [0, 0.05) is 22.9 Å². The van der Waals surface area contributed by atoms with Crippen LogP contribution in [0.3, 0.4) is 0 Å². The fraction of sp³-hybridized carbons (Fsp3) is 0.263. The van der Waals surface area contributed by atoms with Gasteiger partial charge < -0.3 is 9.64 Å². The Balaban J connectivity index is 1.62. The molecular weight excluding hydrogens is 358 g/mol. The molecule has 0 bridgehead atoms. The number of rotatable bonds is 2. The molecule has 0 spiro atoms. The average Bonchev–Trinajstić information content (AvgIpc) is 3.10. The Bertz CT molecular complexity index is 817. The molecule has 0 saturated carbocycles. The zero-order valence-corrected chi connectivity index (χ0v) is 14.9. The van der Waals surface area contributed by atoms with E-state index in [1.165, 1.54) is 0 Å². The molecule has 2 heterocycles. The van der Waals surface area contributed by atoms with Gasteiger partial charge in [-0.3, -0.25) is 9.59 Å². The Kier molecular flexibility index (Phi) is 4.44. The van der Waals surface area contributed by atoms with E-state index in [1.54, 1.807) is 22.7 Å². The fourth-order valence-corrected chi connectivity index (χ4v) is 4.84. The molecule has 1 fully saturated rings. The molecule has 3 aliphatic rings. The van der Waals surface area contributed by atoms with Crippen LogP contribution in [-0.2, 0) is 14.3 Å². The van der Waals surface area contributed by atoms with E-state index in [0.717, 1.165) is 16.9 Å². The third-order valence-corrected chi connectivity index (χ3v) is 6.07. The monoisotopic (exact) mass is 373 g/mol. The van der Waals surface area contributed by atoms with E-state index in [-0.39, 0.29) is 17.4 Å². The second-order valence-corrected chi connectivity index (χ2v) is 7.62. The van der Waals surface area contributed by atoms with Gasteiger partial charge in [0.15, 0.2) is 5.92 Å². The Morgan fingerprint density at radius 3 is 2.96 bits per heavy atom. The molecule has 25 heavy (non-hydrogen) atoms. The summed E-state index contributed by atoms with van der Waals surface area (Å²) in [6.07, 6.45) is 8.74. The van der Waals surface area contributed by atoms with Crippen LogP contribution in [0.1, 0.15) is 10.9 Å². The second-order valence-electron chi connectivity index (χ2n) is 6.02. The summed E-state index contributed by atoms with van der Waals surface area (Å²) in [5.74, 6) is -0.806. The lowest BCUT2D eigenvalue weighted by Crippen LogP contribution is -2.42. The number of benzene rings is 1. The van der Waals surface area contributed by atoms with Crippen LogP contribution < -0.4 is 0 Å². The molecule has 1 aromatic carbocycles. The fourth-order valence-electron chi connectivity index (χ4n) is 3.23. The summed E-state index contributed by atoms with van der Waals surface area (Å²) >= 11 is 7.97. The van der Waals surface area contributed by atoms with E-state index in [1.807, 2.05) is 48.6 Å². The highest BCUT2D eigenvalue weighted by Gasteiger charge is 2.41. The van der Waals surface area contributed by atoms with Crippen molar-refractivity contribution in [3.05, 3.63) is 70.8 Å². The van der Waals surface area contributed by atoms with Crippen LogP contribution in [0.5, 0.6) is 0 Å². The zero-order chi connectivity index (χ0) is 17.4. The third-order valence-electron chi connectivity index (χ3n) is 4.48. The number of fused-ring (bicyclic) bond motifs is 1. The molecule has 4 nitrogen and oxygen atoms in total. The summed E-state index contributed by atoms with van der Waals surface area (Å²) in [4.78, 5) is 27.1. The van der Waals surface area contributed by atoms with Crippen molar-refractivity contribution in [2.45, 2.75) is 11.5 Å². The minimum absolute atomic E-state index is 0.174. The highest BCUT2D eigenvalue weighted by atomic mass is 35.5. The van der Waals surface area contributed by atoms with Gasteiger partial charge in [-0.25, -0.2) is 0 Å². The molecule has 3 atom stereocenters. The number of ether oxygens (including phenoxy) is 1. The summed E-state index contributed by atoms with van der Waals surface area (Å²) in [5, 5.41) is 0.455. The lowest BCUT2D eigenvalue weighted by atomic mass is 9.94. The minimum atomic E-state index is -0.897. The van der Waals surface area contributed by atoms with Gasteiger partial charge in [0.2, 0.25) is 5.91 Å². The lowest BCUT2D eigenvalue weighted by molar-refractivity contribution is -0.156. The van der Waals surface area contributed by atoms with Crippen molar-refractivity contribution >= 4 is 35.2 Å². The normalized spacial score (nSPS) is 27.7. The zero-order valence-electron chi connectivity index (χ0n) is 13.3. The molecule has 1 saturated heterocycles. The van der Waals surface area contributed by atoms with Gasteiger partial charge in [0.1, 0.15) is 11.5 Å². The summed E-state index contributed by atoms with van der Waals surface area (Å²) in [7, 11) is 0. The summed E-state index contributed by atoms with van der Waals surface area (Å²) < 4.78 is 5.42. The number of halogens is 1. The lowest BCUT2D eigenvalue weighted by Gasteiger charge is -2.31. The molecule has 3 unspecified atom stereocenters. The van der Waals surface area contributed by atoms with E-state index >= 15 is 0 Å². The van der Waals surface area contributed by atoms with Gasteiger partial charge >= 0.3 is 5.97 Å². The topological polar surface area (TPSA) is 46.6 Å². The first-order valence-corrected chi connectivity index (χ1v) is 9.51. The first-order chi connectivity index (χ1) is 12.1. The predicted octanol–water partition coefficient (Wildman–Crippen LogP) is 3.51. The van der Waals surface area contributed by atoms with E-state index in [2.05, 4.69) is 0 Å². The predicted molar refractivity (Wildman–Crippen MR) is 98.1 cm³/mol. The maximum Gasteiger partial charge on any atom is 0.323 e. The van der Waals surface area contributed by atoms with Crippen LogP contribution in [0, 0.1) is 5.92 Å². The SMILES string of the molecule is O=C1OC2C=CC=CC2=CC1C(=O)N1CCSC1c1ccccc1Cl. The number of nitrogens with zero attached hydrogens (tertiary/aromatic N) is 1. The van der Waals surface area contributed by atoms with Crippen molar-refractivity contribution in [3.63, 3.8) is 0 Å². The Labute approximate surface area is 155 Å². The third kappa shape index (κ3) is 3.02. The number of amides is 1. The number of hydrogen-bond acceptors (Lipinski definition) is 4. The Hall–Kier alpha value is -1.98. The minimum Gasteiger partial charge on any atom is -0.452 e. The van der Waals surface area contributed by atoms with Gasteiger partial charge in [-0.1, -0.05) is 54.1 Å². The maximum atomic E-state index is 13.1. The number of carbonyl (C=O) groups is 2. The van der Waals surface area contributed by atoms with Crippen molar-refractivity contribution in [1.82, 2.24) is 4.90 Å². The highest BCUT2D eigenvalue weighted by Crippen LogP contribution is 2.42. The maximum absolute atomic E-state index is 13.1. The van der Waals surface area contributed by atoms with Crippen molar-refractivity contribution in [2.24, 2.45) is 5.92 Å². The molecular formula is C19H16ClNO3S. The van der Waals surface area contributed by atoms with Crippen LogP contribution in [0.2, 0.25) is 5.02 Å². The number of esters is 1. The molecule has 6 heteroatoms. The highest BCUT2D eigenvalue weighted by molar-refractivity contribution is 7.99. The molecule has 4 rings (SSSR count). The molecule has 1 amide bonds. The van der Waals surface area contributed by atoms with E-state index in [4.69, 9.17) is 16.3 Å². The van der Waals surface area contributed by atoms with Crippen LogP contribution in [0.25, 0.3) is 0 Å². The smallest absolute Gasteiger partial charge is 0.323 e. The van der Waals surface area contributed by atoms with Crippen LogP contribution in [-0.4, -0.2) is 35.2 Å². The van der Waals surface area contributed by atoms with E-state index < -0.39 is 11.9 Å². The second kappa shape index (κ2) is 6.73. The standard InChI is InChI=1S/C19H16ClNO3S/c20-15-7-3-2-6-13(15)18-21(9-10-25-18)17(22)14-11-12-5-1-4-8-16(12)24-19(14)23/h1-8,11,14,16,18H,9-10H2. The van der Waals surface area contributed by atoms with Gasteiger partial charge in [-0.15, -0.1) is 11.8 Å². The van der Waals surface area contributed by atoms with E-state index in [9.17, 15) is 9.59 Å². The number of hydrogen-bond donors (Lipinski definition) is 0. The Morgan fingerprint density at radius 2 is 2.12 bits per heavy atom. The largest absolute Gasteiger partial charge is 0.452 e. The Morgan fingerprint density at radius 1 is 1.28 bits per heavy atom. The summed E-state index contributed by atoms with van der Waals surface area (Å²) in [6.45, 7) is 0.589. The van der Waals surface area contributed by atoms with Gasteiger partial charge in [0.25, 0.3) is 0 Å². The van der Waals surface area contributed by atoms with Gasteiger partial charge in [0.05, 0.1) is 0 Å². The summed E-state index contributed by atoms with van der Waals surface area (Å²) in [6, 6.07) is 7.51. The first kappa shape index (κ1) is 16.5.